The van der Waals surface area contributed by atoms with E-state index in [4.69, 9.17) is 4.74 Å². The summed E-state index contributed by atoms with van der Waals surface area (Å²) in [6, 6.07) is 13.4. The average molecular weight is 401 g/mol. The molecular formula is C23H19N3O4. The molecule has 3 aromatic rings. The first-order chi connectivity index (χ1) is 14.3. The number of amides is 2. The van der Waals surface area contributed by atoms with Crippen molar-refractivity contribution in [1.29, 1.82) is 0 Å². The number of benzene rings is 2. The number of imide groups is 1. The van der Waals surface area contributed by atoms with Crippen molar-refractivity contribution in [2.24, 2.45) is 0 Å². The van der Waals surface area contributed by atoms with E-state index in [1.54, 1.807) is 12.1 Å². The van der Waals surface area contributed by atoms with Gasteiger partial charge >= 0.3 is 5.97 Å². The van der Waals surface area contributed by atoms with E-state index < -0.39 is 17.8 Å². The molecule has 1 aromatic heterocycles. The number of ether oxygens (including phenoxy) is 1. The van der Waals surface area contributed by atoms with Gasteiger partial charge in [-0.1, -0.05) is 32.9 Å². The summed E-state index contributed by atoms with van der Waals surface area (Å²) in [6.45, 7) is 6.32. The Balaban J connectivity index is 1.49. The number of carbonyl (C=O) groups is 3. The number of hydrogen-bond donors (Lipinski definition) is 0. The van der Waals surface area contributed by atoms with E-state index in [0.717, 1.165) is 10.5 Å². The summed E-state index contributed by atoms with van der Waals surface area (Å²) < 4.78 is 5.42. The zero-order valence-corrected chi connectivity index (χ0v) is 16.7. The van der Waals surface area contributed by atoms with Crippen molar-refractivity contribution in [2.45, 2.75) is 26.2 Å². The molecule has 0 saturated carbocycles. The van der Waals surface area contributed by atoms with Gasteiger partial charge in [-0.05, 0) is 47.4 Å². The zero-order chi connectivity index (χ0) is 21.5. The lowest BCUT2D eigenvalue weighted by atomic mass is 9.87. The summed E-state index contributed by atoms with van der Waals surface area (Å²) in [4.78, 5) is 46.3. The average Bonchev–Trinajstić information content (AvgIpc) is 2.98. The van der Waals surface area contributed by atoms with E-state index in [0.29, 0.717) is 17.0 Å². The molecule has 2 heterocycles. The standard InChI is InChI=1S/C23H19N3O4/c1-23(2,3)15-6-10-17(11-7-15)30-22(29)14-4-8-16(9-5-14)26-20(27)18-19(21(26)28)25-13-12-24-18/h4-13H,1-3H3. The van der Waals surface area contributed by atoms with Crippen LogP contribution in [0, 0.1) is 0 Å². The fraction of sp³-hybridized carbons (Fsp3) is 0.174. The number of hydrogen-bond acceptors (Lipinski definition) is 6. The van der Waals surface area contributed by atoms with Crippen molar-refractivity contribution in [3.8, 4) is 5.75 Å². The summed E-state index contributed by atoms with van der Waals surface area (Å²) in [6.07, 6.45) is 2.72. The van der Waals surface area contributed by atoms with Gasteiger partial charge in [0.2, 0.25) is 0 Å². The topological polar surface area (TPSA) is 89.5 Å². The molecular weight excluding hydrogens is 382 g/mol. The smallest absolute Gasteiger partial charge is 0.343 e. The lowest BCUT2D eigenvalue weighted by molar-refractivity contribution is 0.0734. The minimum atomic E-state index is -0.544. The van der Waals surface area contributed by atoms with Crippen LogP contribution in [0.15, 0.2) is 60.9 Å². The molecule has 0 spiro atoms. The second kappa shape index (κ2) is 7.18. The Kier molecular flexibility index (Phi) is 4.66. The van der Waals surface area contributed by atoms with Crippen LogP contribution in [-0.2, 0) is 5.41 Å². The van der Waals surface area contributed by atoms with Crippen LogP contribution in [-0.4, -0.2) is 27.8 Å². The van der Waals surface area contributed by atoms with Gasteiger partial charge in [0.25, 0.3) is 11.8 Å². The van der Waals surface area contributed by atoms with E-state index >= 15 is 0 Å². The van der Waals surface area contributed by atoms with Gasteiger partial charge in [-0.2, -0.15) is 0 Å². The van der Waals surface area contributed by atoms with Gasteiger partial charge in [0.1, 0.15) is 5.75 Å². The highest BCUT2D eigenvalue weighted by Gasteiger charge is 2.39. The molecule has 0 atom stereocenters. The molecule has 0 aliphatic carbocycles. The van der Waals surface area contributed by atoms with E-state index in [2.05, 4.69) is 30.7 Å². The molecule has 1 aliphatic heterocycles. The fourth-order valence-electron chi connectivity index (χ4n) is 3.13. The molecule has 0 unspecified atom stereocenters. The van der Waals surface area contributed by atoms with Crippen molar-refractivity contribution in [3.63, 3.8) is 0 Å². The summed E-state index contributed by atoms with van der Waals surface area (Å²) >= 11 is 0. The number of nitrogens with zero attached hydrogens (tertiary/aromatic N) is 3. The van der Waals surface area contributed by atoms with Crippen LogP contribution in [0.4, 0.5) is 5.69 Å². The van der Waals surface area contributed by atoms with Crippen LogP contribution < -0.4 is 9.64 Å². The van der Waals surface area contributed by atoms with Gasteiger partial charge in [-0.15, -0.1) is 0 Å². The minimum Gasteiger partial charge on any atom is -0.423 e. The summed E-state index contributed by atoms with van der Waals surface area (Å²) in [7, 11) is 0. The molecule has 2 aromatic carbocycles. The quantitative estimate of drug-likeness (QED) is 0.377. The first-order valence-electron chi connectivity index (χ1n) is 9.38. The van der Waals surface area contributed by atoms with Gasteiger partial charge in [-0.25, -0.2) is 19.7 Å². The van der Waals surface area contributed by atoms with Crippen LogP contribution >= 0.6 is 0 Å². The molecule has 0 fully saturated rings. The van der Waals surface area contributed by atoms with E-state index in [-0.39, 0.29) is 16.8 Å². The van der Waals surface area contributed by atoms with Crippen LogP contribution in [0.3, 0.4) is 0 Å². The molecule has 7 nitrogen and oxygen atoms in total. The van der Waals surface area contributed by atoms with Gasteiger partial charge < -0.3 is 4.74 Å². The number of rotatable bonds is 3. The SMILES string of the molecule is CC(C)(C)c1ccc(OC(=O)c2ccc(N3C(=O)c4nccnc4C3=O)cc2)cc1. The largest absolute Gasteiger partial charge is 0.423 e. The molecule has 0 N–H and O–H groups in total. The van der Waals surface area contributed by atoms with Crippen molar-refractivity contribution in [3.05, 3.63) is 83.4 Å². The van der Waals surface area contributed by atoms with Gasteiger partial charge in [-0.3, -0.25) is 9.59 Å². The Bertz CT molecular complexity index is 1110. The molecule has 1 aliphatic rings. The maximum Gasteiger partial charge on any atom is 0.343 e. The van der Waals surface area contributed by atoms with Crippen molar-refractivity contribution in [1.82, 2.24) is 9.97 Å². The highest BCUT2D eigenvalue weighted by atomic mass is 16.5. The fourth-order valence-corrected chi connectivity index (χ4v) is 3.13. The maximum atomic E-state index is 12.5. The summed E-state index contributed by atoms with van der Waals surface area (Å²) in [5, 5.41) is 0. The predicted molar refractivity (Wildman–Crippen MR) is 110 cm³/mol. The van der Waals surface area contributed by atoms with E-state index in [9.17, 15) is 14.4 Å². The Hall–Kier alpha value is -3.87. The maximum absolute atomic E-state index is 12.5. The molecule has 30 heavy (non-hydrogen) atoms. The first kappa shape index (κ1) is 19.4. The third-order valence-corrected chi connectivity index (χ3v) is 4.80. The molecule has 2 amide bonds. The molecule has 4 rings (SSSR count). The Morgan fingerprint density at radius 2 is 1.37 bits per heavy atom. The van der Waals surface area contributed by atoms with E-state index in [1.165, 1.54) is 36.7 Å². The normalized spacial score (nSPS) is 13.4. The second-order valence-corrected chi connectivity index (χ2v) is 7.91. The van der Waals surface area contributed by atoms with Crippen LogP contribution in [0.5, 0.6) is 5.75 Å². The predicted octanol–water partition coefficient (Wildman–Crippen LogP) is 3.79. The van der Waals surface area contributed by atoms with Crippen molar-refractivity contribution in [2.75, 3.05) is 4.90 Å². The first-order valence-corrected chi connectivity index (χ1v) is 9.38. The third-order valence-electron chi connectivity index (χ3n) is 4.80. The number of esters is 1. The van der Waals surface area contributed by atoms with Crippen molar-refractivity contribution >= 4 is 23.5 Å². The number of carbonyl (C=O) groups excluding carboxylic acids is 3. The molecule has 150 valence electrons. The number of aromatic nitrogens is 2. The summed E-state index contributed by atoms with van der Waals surface area (Å²) in [5.74, 6) is -1.18. The molecule has 0 bridgehead atoms. The van der Waals surface area contributed by atoms with Crippen LogP contribution in [0.1, 0.15) is 57.7 Å². The lowest BCUT2D eigenvalue weighted by Gasteiger charge is -2.19. The highest BCUT2D eigenvalue weighted by Crippen LogP contribution is 2.27. The Morgan fingerprint density at radius 1 is 0.833 bits per heavy atom. The van der Waals surface area contributed by atoms with Crippen LogP contribution in [0.2, 0.25) is 0 Å². The second-order valence-electron chi connectivity index (χ2n) is 7.91. The molecule has 0 saturated heterocycles. The monoisotopic (exact) mass is 401 g/mol. The van der Waals surface area contributed by atoms with E-state index in [1.807, 2.05) is 12.1 Å². The minimum absolute atomic E-state index is 0.00745. The Labute approximate surface area is 173 Å². The van der Waals surface area contributed by atoms with Crippen molar-refractivity contribution < 1.29 is 19.1 Å². The lowest BCUT2D eigenvalue weighted by Crippen LogP contribution is -2.29. The van der Waals surface area contributed by atoms with Crippen LogP contribution in [0.25, 0.3) is 0 Å². The third kappa shape index (κ3) is 3.45. The van der Waals surface area contributed by atoms with Gasteiger partial charge in [0.15, 0.2) is 11.4 Å². The Morgan fingerprint density at radius 3 is 1.87 bits per heavy atom. The summed E-state index contributed by atoms with van der Waals surface area (Å²) in [5.41, 5.74) is 1.81. The number of anilines is 1. The molecule has 7 heteroatoms. The van der Waals surface area contributed by atoms with Gasteiger partial charge in [0, 0.05) is 12.4 Å². The number of fused-ring (bicyclic) bond motifs is 1. The molecule has 0 radical (unpaired) electrons. The zero-order valence-electron chi connectivity index (χ0n) is 16.7. The highest BCUT2D eigenvalue weighted by molar-refractivity contribution is 6.33. The van der Waals surface area contributed by atoms with Gasteiger partial charge in [0.05, 0.1) is 11.3 Å².